The summed E-state index contributed by atoms with van der Waals surface area (Å²) in [5.74, 6) is -0.0125. The molecule has 0 radical (unpaired) electrons. The molecule has 0 saturated heterocycles. The third-order valence-electron chi connectivity index (χ3n) is 1.73. The Morgan fingerprint density at radius 1 is 1.62 bits per heavy atom. The molecular formula is C9H11N3O. The van der Waals surface area contributed by atoms with Gasteiger partial charge in [-0.3, -0.25) is 4.79 Å². The third-order valence-corrected chi connectivity index (χ3v) is 1.73. The largest absolute Gasteiger partial charge is 0.296 e. The number of nitriles is 1. The predicted octanol–water partition coefficient (Wildman–Crippen LogP) is 1.84. The smallest absolute Gasteiger partial charge is 0.168 e. The fourth-order valence-corrected chi connectivity index (χ4v) is 0.972. The summed E-state index contributed by atoms with van der Waals surface area (Å²) >= 11 is 0. The van der Waals surface area contributed by atoms with Gasteiger partial charge in [-0.15, -0.1) is 5.11 Å². The topological polar surface area (TPSA) is 65.6 Å². The van der Waals surface area contributed by atoms with Crippen LogP contribution >= 0.6 is 0 Å². The van der Waals surface area contributed by atoms with Crippen LogP contribution in [0.5, 0.6) is 0 Å². The van der Waals surface area contributed by atoms with E-state index in [1.807, 2.05) is 26.8 Å². The molecule has 0 fully saturated rings. The van der Waals surface area contributed by atoms with Crippen LogP contribution in [0.15, 0.2) is 22.0 Å². The number of azo groups is 1. The van der Waals surface area contributed by atoms with E-state index in [1.165, 1.54) is 6.08 Å². The molecule has 0 aromatic rings. The average molecular weight is 177 g/mol. The number of Topliss-reactive ketones (excluding diaryl/α,β-unsaturated/α-hetero) is 1. The molecule has 0 bridgehead atoms. The van der Waals surface area contributed by atoms with Gasteiger partial charge < -0.3 is 0 Å². The molecule has 1 aliphatic heterocycles. The first-order valence-electron chi connectivity index (χ1n) is 4.02. The molecule has 1 heterocycles. The van der Waals surface area contributed by atoms with Crippen LogP contribution in [-0.2, 0) is 4.79 Å². The Labute approximate surface area is 77.0 Å². The van der Waals surface area contributed by atoms with Gasteiger partial charge in [0, 0.05) is 5.41 Å². The summed E-state index contributed by atoms with van der Waals surface area (Å²) in [5, 5.41) is 15.8. The lowest BCUT2D eigenvalue weighted by Crippen LogP contribution is -2.29. The van der Waals surface area contributed by atoms with E-state index >= 15 is 0 Å². The Morgan fingerprint density at radius 2 is 2.23 bits per heavy atom. The highest BCUT2D eigenvalue weighted by Gasteiger charge is 2.30. The molecule has 0 spiro atoms. The fourth-order valence-electron chi connectivity index (χ4n) is 0.972. The van der Waals surface area contributed by atoms with Crippen molar-refractivity contribution in [3.05, 3.63) is 11.8 Å². The van der Waals surface area contributed by atoms with Crippen LogP contribution in [0.3, 0.4) is 0 Å². The summed E-state index contributed by atoms with van der Waals surface area (Å²) in [5.41, 5.74) is -0.215. The van der Waals surface area contributed by atoms with E-state index in [2.05, 4.69) is 10.2 Å². The maximum absolute atomic E-state index is 11.6. The zero-order valence-electron chi connectivity index (χ0n) is 7.90. The SMILES string of the molecule is CC(C)(C)C(=O)C1C=C(C#N)N=N1. The van der Waals surface area contributed by atoms with Crippen molar-refractivity contribution in [1.82, 2.24) is 0 Å². The number of allylic oxidation sites excluding steroid dienone is 1. The molecule has 1 rings (SSSR count). The molecule has 13 heavy (non-hydrogen) atoms. The van der Waals surface area contributed by atoms with Gasteiger partial charge >= 0.3 is 0 Å². The first kappa shape index (κ1) is 9.59. The second kappa shape index (κ2) is 3.09. The van der Waals surface area contributed by atoms with Gasteiger partial charge in [0.2, 0.25) is 0 Å². The van der Waals surface area contributed by atoms with Crippen molar-refractivity contribution in [2.24, 2.45) is 15.6 Å². The zero-order valence-corrected chi connectivity index (χ0v) is 7.90. The Morgan fingerprint density at radius 3 is 2.62 bits per heavy atom. The molecule has 68 valence electrons. The van der Waals surface area contributed by atoms with Gasteiger partial charge in [-0.1, -0.05) is 20.8 Å². The highest BCUT2D eigenvalue weighted by Crippen LogP contribution is 2.23. The number of carbonyl (C=O) groups is 1. The van der Waals surface area contributed by atoms with Gasteiger partial charge in [0.15, 0.2) is 17.5 Å². The van der Waals surface area contributed by atoms with Gasteiger partial charge in [-0.05, 0) is 6.08 Å². The van der Waals surface area contributed by atoms with Gasteiger partial charge in [0.25, 0.3) is 0 Å². The summed E-state index contributed by atoms with van der Waals surface area (Å²) in [6.45, 7) is 5.47. The van der Waals surface area contributed by atoms with E-state index in [4.69, 9.17) is 5.26 Å². The van der Waals surface area contributed by atoms with Crippen molar-refractivity contribution in [1.29, 1.82) is 5.26 Å². The lowest BCUT2D eigenvalue weighted by molar-refractivity contribution is -0.126. The molecule has 4 heteroatoms. The van der Waals surface area contributed by atoms with Crippen LogP contribution < -0.4 is 0 Å². The standard InChI is InChI=1S/C9H11N3O/c1-9(2,3)8(13)7-4-6(5-10)11-12-7/h4,7H,1-3H3. The van der Waals surface area contributed by atoms with Gasteiger partial charge in [0.05, 0.1) is 0 Å². The van der Waals surface area contributed by atoms with Crippen LogP contribution in [0.4, 0.5) is 0 Å². The number of hydrogen-bond donors (Lipinski definition) is 0. The summed E-state index contributed by atoms with van der Waals surface area (Å²) < 4.78 is 0. The number of carbonyl (C=O) groups excluding carboxylic acids is 1. The number of rotatable bonds is 1. The van der Waals surface area contributed by atoms with Crippen molar-refractivity contribution in [3.8, 4) is 6.07 Å². The van der Waals surface area contributed by atoms with E-state index in [0.717, 1.165) is 0 Å². The van der Waals surface area contributed by atoms with Crippen molar-refractivity contribution in [2.45, 2.75) is 26.8 Å². The second-order valence-electron chi connectivity index (χ2n) is 3.94. The first-order valence-corrected chi connectivity index (χ1v) is 4.02. The van der Waals surface area contributed by atoms with Crippen LogP contribution in [-0.4, -0.2) is 11.8 Å². The van der Waals surface area contributed by atoms with Crippen LogP contribution in [0.1, 0.15) is 20.8 Å². The van der Waals surface area contributed by atoms with Crippen LogP contribution in [0, 0.1) is 16.7 Å². The van der Waals surface area contributed by atoms with Crippen molar-refractivity contribution < 1.29 is 4.79 Å². The minimum Gasteiger partial charge on any atom is -0.296 e. The minimum absolute atomic E-state index is 0.0125. The van der Waals surface area contributed by atoms with E-state index in [1.54, 1.807) is 0 Å². The lowest BCUT2D eigenvalue weighted by atomic mass is 9.87. The molecule has 1 aliphatic rings. The van der Waals surface area contributed by atoms with Crippen molar-refractivity contribution in [3.63, 3.8) is 0 Å². The summed E-state index contributed by atoms with van der Waals surface area (Å²) in [7, 11) is 0. The minimum atomic E-state index is -0.561. The van der Waals surface area contributed by atoms with Gasteiger partial charge in [-0.25, -0.2) is 0 Å². The summed E-state index contributed by atoms with van der Waals surface area (Å²) in [6.07, 6.45) is 1.49. The lowest BCUT2D eigenvalue weighted by Gasteiger charge is -2.17. The Kier molecular flexibility index (Phi) is 2.28. The maximum atomic E-state index is 11.6. The average Bonchev–Trinajstić information content (AvgIpc) is 2.48. The fraction of sp³-hybridized carbons (Fsp3) is 0.556. The molecular weight excluding hydrogens is 166 g/mol. The normalized spacial score (nSPS) is 21.1. The van der Waals surface area contributed by atoms with Gasteiger partial charge in [0.1, 0.15) is 6.07 Å². The van der Waals surface area contributed by atoms with Crippen LogP contribution in [0.2, 0.25) is 0 Å². The first-order chi connectivity index (χ1) is 5.95. The van der Waals surface area contributed by atoms with E-state index in [9.17, 15) is 4.79 Å². The molecule has 0 saturated carbocycles. The second-order valence-corrected chi connectivity index (χ2v) is 3.94. The van der Waals surface area contributed by atoms with Gasteiger partial charge in [-0.2, -0.15) is 10.4 Å². The highest BCUT2D eigenvalue weighted by atomic mass is 16.1. The quantitative estimate of drug-likeness (QED) is 0.613. The molecule has 0 aromatic carbocycles. The molecule has 4 nitrogen and oxygen atoms in total. The Hall–Kier alpha value is -1.50. The Balaban J connectivity index is 2.81. The molecule has 0 aliphatic carbocycles. The number of nitrogens with zero attached hydrogens (tertiary/aromatic N) is 3. The molecule has 1 atom stereocenters. The van der Waals surface area contributed by atoms with Crippen molar-refractivity contribution in [2.75, 3.05) is 0 Å². The van der Waals surface area contributed by atoms with E-state index in [0.29, 0.717) is 0 Å². The summed E-state index contributed by atoms with van der Waals surface area (Å²) in [6, 6.07) is 1.29. The highest BCUT2D eigenvalue weighted by molar-refractivity contribution is 5.91. The van der Waals surface area contributed by atoms with Crippen molar-refractivity contribution >= 4 is 5.78 Å². The maximum Gasteiger partial charge on any atom is 0.168 e. The summed E-state index contributed by atoms with van der Waals surface area (Å²) in [4.78, 5) is 11.6. The van der Waals surface area contributed by atoms with E-state index < -0.39 is 11.5 Å². The molecule has 1 unspecified atom stereocenters. The third kappa shape index (κ3) is 2.00. The molecule has 0 N–H and O–H groups in total. The zero-order chi connectivity index (χ0) is 10.1. The van der Waals surface area contributed by atoms with Crippen LogP contribution in [0.25, 0.3) is 0 Å². The molecule has 0 aromatic heterocycles. The predicted molar refractivity (Wildman–Crippen MR) is 46.8 cm³/mol. The molecule has 0 amide bonds. The number of ketones is 1. The van der Waals surface area contributed by atoms with E-state index in [-0.39, 0.29) is 11.5 Å². The number of hydrogen-bond acceptors (Lipinski definition) is 4. The monoisotopic (exact) mass is 177 g/mol. The Bertz CT molecular complexity index is 328.